The molecule has 2 N–H and O–H groups in total. The van der Waals surface area contributed by atoms with Crippen molar-refractivity contribution in [1.82, 2.24) is 24.5 Å². The van der Waals surface area contributed by atoms with Gasteiger partial charge in [-0.2, -0.15) is 10.2 Å². The van der Waals surface area contributed by atoms with Gasteiger partial charge in [-0.1, -0.05) is 11.6 Å². The molecule has 6 rings (SSSR count). The molecule has 0 aromatic carbocycles. The monoisotopic (exact) mass is 478 g/mol. The first kappa shape index (κ1) is 21.2. The average molecular weight is 479 g/mol. The summed E-state index contributed by atoms with van der Waals surface area (Å²) in [7, 11) is 1.87. The summed E-state index contributed by atoms with van der Waals surface area (Å²) in [6.07, 6.45) is 12.8. The Hall–Kier alpha value is -3.39. The molecule has 0 saturated heterocycles. The van der Waals surface area contributed by atoms with Crippen LogP contribution in [0.5, 0.6) is 5.75 Å². The summed E-state index contributed by atoms with van der Waals surface area (Å²) in [5, 5.41) is 9.88. The summed E-state index contributed by atoms with van der Waals surface area (Å²) in [5.41, 5.74) is 10.2. The van der Waals surface area contributed by atoms with E-state index >= 15 is 0 Å². The molecule has 0 unspecified atom stereocenters. The van der Waals surface area contributed by atoms with E-state index in [0.717, 1.165) is 28.9 Å². The first-order valence-corrected chi connectivity index (χ1v) is 11.7. The molecule has 1 fully saturated rings. The van der Waals surface area contributed by atoms with E-state index in [0.29, 0.717) is 34.5 Å². The van der Waals surface area contributed by atoms with Crippen molar-refractivity contribution in [2.75, 3.05) is 5.73 Å². The smallest absolute Gasteiger partial charge is 0.166 e. The fraction of sp³-hybridized carbons (Fsp3) is 0.320. The van der Waals surface area contributed by atoms with Crippen molar-refractivity contribution in [3.8, 4) is 17.0 Å². The van der Waals surface area contributed by atoms with Gasteiger partial charge < -0.3 is 10.5 Å². The Bertz CT molecular complexity index is 1410. The molecular weight excluding hydrogens is 455 g/mol. The topological polar surface area (TPSA) is 83.8 Å². The highest BCUT2D eigenvalue weighted by molar-refractivity contribution is 6.30. The van der Waals surface area contributed by atoms with Gasteiger partial charge in [0.2, 0.25) is 0 Å². The Morgan fingerprint density at radius 2 is 2.12 bits per heavy atom. The van der Waals surface area contributed by atoms with Gasteiger partial charge in [0.15, 0.2) is 22.3 Å². The van der Waals surface area contributed by atoms with Gasteiger partial charge in [0.05, 0.1) is 11.4 Å². The third-order valence-corrected chi connectivity index (χ3v) is 6.94. The molecule has 0 radical (unpaired) electrons. The number of hydrogen-bond donors (Lipinski definition) is 1. The zero-order chi connectivity index (χ0) is 23.6. The van der Waals surface area contributed by atoms with Crippen LogP contribution in [0.1, 0.15) is 36.6 Å². The molecule has 0 amide bonds. The van der Waals surface area contributed by atoms with Crippen LogP contribution in [0.15, 0.2) is 48.6 Å². The number of halogens is 2. The summed E-state index contributed by atoms with van der Waals surface area (Å²) >= 11 is 6.73. The molecule has 4 heterocycles. The lowest BCUT2D eigenvalue weighted by Crippen LogP contribution is -2.32. The third kappa shape index (κ3) is 3.53. The van der Waals surface area contributed by atoms with Crippen molar-refractivity contribution < 1.29 is 9.13 Å². The summed E-state index contributed by atoms with van der Waals surface area (Å²) in [6.45, 7) is 2.67. The number of ether oxygens (including phenoxy) is 1. The highest BCUT2D eigenvalue weighted by Gasteiger charge is 2.36. The molecule has 1 aliphatic heterocycles. The van der Waals surface area contributed by atoms with E-state index in [9.17, 15) is 4.39 Å². The van der Waals surface area contributed by atoms with E-state index < -0.39 is 5.60 Å². The van der Waals surface area contributed by atoms with Gasteiger partial charge >= 0.3 is 0 Å². The largest absolute Gasteiger partial charge is 0.475 e. The number of nitrogens with two attached hydrogens (primary N) is 1. The maximum atomic E-state index is 14.3. The fourth-order valence-electron chi connectivity index (χ4n) is 4.72. The van der Waals surface area contributed by atoms with Crippen LogP contribution in [0.2, 0.25) is 5.15 Å². The zero-order valence-corrected chi connectivity index (χ0v) is 19.7. The predicted molar refractivity (Wildman–Crippen MR) is 129 cm³/mol. The minimum Gasteiger partial charge on any atom is -0.475 e. The molecule has 7 nitrogen and oxygen atoms in total. The van der Waals surface area contributed by atoms with E-state index in [1.165, 1.54) is 25.0 Å². The highest BCUT2D eigenvalue weighted by Crippen LogP contribution is 2.43. The van der Waals surface area contributed by atoms with Gasteiger partial charge in [-0.05, 0) is 56.1 Å². The summed E-state index contributed by atoms with van der Waals surface area (Å²) in [6, 6.07) is 1.87. The van der Waals surface area contributed by atoms with Crippen molar-refractivity contribution in [3.63, 3.8) is 0 Å². The molecule has 2 aliphatic carbocycles. The number of nitrogens with zero attached hydrogens (tertiary/aromatic N) is 5. The van der Waals surface area contributed by atoms with Gasteiger partial charge in [-0.3, -0.25) is 9.36 Å². The second-order valence-electron chi connectivity index (χ2n) is 9.38. The van der Waals surface area contributed by atoms with E-state index in [1.807, 2.05) is 30.9 Å². The predicted octanol–water partition coefficient (Wildman–Crippen LogP) is 4.87. The molecule has 3 aromatic heterocycles. The molecule has 174 valence electrons. The average Bonchev–Trinajstić information content (AvgIpc) is 3.48. The molecule has 1 atom stereocenters. The molecule has 9 heteroatoms. The first-order valence-electron chi connectivity index (χ1n) is 11.3. The number of hydrogen-bond acceptors (Lipinski definition) is 5. The molecular formula is C25H24ClFN6O. The standard InChI is InChI=1S/C25H24ClFN6O/c1-25-8-7-17(27)5-6-19(25)21-16(13-32(2)30-21)9-18-22(15-10-20(34-25)24(28)29-11-15)33(31-23(18)26)12-14-3-4-14/h5-8,10-11,13-14H,3-4,9,12H2,1-2H3,(H2,28,29)/t25-/m1/s1. The van der Waals surface area contributed by atoms with Crippen molar-refractivity contribution in [3.05, 3.63) is 70.6 Å². The van der Waals surface area contributed by atoms with Gasteiger partial charge in [-0.25, -0.2) is 9.37 Å². The minimum atomic E-state index is -1.04. The number of anilines is 1. The Labute approximate surface area is 201 Å². The third-order valence-electron chi connectivity index (χ3n) is 6.64. The van der Waals surface area contributed by atoms with Crippen LogP contribution in [0.25, 0.3) is 16.8 Å². The van der Waals surface area contributed by atoms with Gasteiger partial charge in [-0.15, -0.1) is 0 Å². The van der Waals surface area contributed by atoms with Crippen LogP contribution < -0.4 is 10.5 Å². The van der Waals surface area contributed by atoms with Crippen LogP contribution in [0.4, 0.5) is 10.2 Å². The quantitative estimate of drug-likeness (QED) is 0.568. The molecule has 34 heavy (non-hydrogen) atoms. The van der Waals surface area contributed by atoms with Crippen LogP contribution in [0.3, 0.4) is 0 Å². The fourth-order valence-corrected chi connectivity index (χ4v) is 4.97. The number of pyridine rings is 1. The highest BCUT2D eigenvalue weighted by atomic mass is 35.5. The Morgan fingerprint density at radius 3 is 2.91 bits per heavy atom. The van der Waals surface area contributed by atoms with E-state index in [1.54, 1.807) is 23.0 Å². The van der Waals surface area contributed by atoms with Crippen molar-refractivity contribution >= 4 is 23.0 Å². The maximum absolute atomic E-state index is 14.3. The van der Waals surface area contributed by atoms with Crippen molar-refractivity contribution in [2.45, 2.75) is 38.3 Å². The summed E-state index contributed by atoms with van der Waals surface area (Å²) < 4.78 is 24.5. The van der Waals surface area contributed by atoms with Crippen molar-refractivity contribution in [2.24, 2.45) is 13.0 Å². The summed E-state index contributed by atoms with van der Waals surface area (Å²) in [5.74, 6) is 0.878. The molecule has 3 aliphatic rings. The number of nitrogen functional groups attached to an aromatic ring is 1. The second-order valence-corrected chi connectivity index (χ2v) is 9.74. The normalized spacial score (nSPS) is 21.3. The van der Waals surface area contributed by atoms with Crippen LogP contribution in [-0.2, 0) is 20.0 Å². The number of aromatic nitrogens is 5. The van der Waals surface area contributed by atoms with Crippen LogP contribution >= 0.6 is 11.6 Å². The van der Waals surface area contributed by atoms with Gasteiger partial charge in [0.25, 0.3) is 0 Å². The molecule has 0 spiro atoms. The zero-order valence-electron chi connectivity index (χ0n) is 18.9. The van der Waals surface area contributed by atoms with E-state index in [-0.39, 0.29) is 11.6 Å². The van der Waals surface area contributed by atoms with E-state index in [2.05, 4.69) is 10.1 Å². The van der Waals surface area contributed by atoms with E-state index in [4.69, 9.17) is 27.2 Å². The Kier molecular flexibility index (Phi) is 4.71. The lowest BCUT2D eigenvalue weighted by molar-refractivity contribution is 0.203. The number of fused-ring (bicyclic) bond motifs is 7. The number of allylic oxidation sites excluding steroid dienone is 4. The number of rotatable bonds is 2. The number of aryl methyl sites for hydroxylation is 1. The Morgan fingerprint density at radius 1 is 1.29 bits per heavy atom. The van der Waals surface area contributed by atoms with Crippen LogP contribution in [0, 0.1) is 5.92 Å². The lowest BCUT2D eigenvalue weighted by atomic mass is 9.89. The van der Waals surface area contributed by atoms with Gasteiger partial charge in [0.1, 0.15) is 5.83 Å². The van der Waals surface area contributed by atoms with Gasteiger partial charge in [0, 0.05) is 54.7 Å². The first-order chi connectivity index (χ1) is 16.3. The summed E-state index contributed by atoms with van der Waals surface area (Å²) in [4.78, 5) is 4.43. The van der Waals surface area contributed by atoms with Crippen LogP contribution in [-0.4, -0.2) is 30.1 Å². The lowest BCUT2D eigenvalue weighted by Gasteiger charge is -2.30. The van der Waals surface area contributed by atoms with Crippen molar-refractivity contribution in [1.29, 1.82) is 0 Å². The Balaban J connectivity index is 1.64. The molecule has 1 saturated carbocycles. The molecule has 3 aromatic rings. The SMILES string of the molecule is Cn1cc2c(n1)C1=CC=C(F)C=C[C@@]1(C)Oc1cc(cnc1N)-c1c(c(Cl)nn1CC1CC1)C2. The second kappa shape index (κ2) is 7.56. The molecule has 2 bridgehead atoms. The minimum absolute atomic E-state index is 0.247. The maximum Gasteiger partial charge on any atom is 0.166 e.